The quantitative estimate of drug-likeness (QED) is 0.589. The highest BCUT2D eigenvalue weighted by Crippen LogP contribution is 2.36. The molecule has 2 aromatic rings. The first-order valence-electron chi connectivity index (χ1n) is 10.2. The predicted molar refractivity (Wildman–Crippen MR) is 116 cm³/mol. The van der Waals surface area contributed by atoms with Gasteiger partial charge in [-0.3, -0.25) is 19.4 Å². The van der Waals surface area contributed by atoms with Crippen molar-refractivity contribution in [2.45, 2.75) is 12.7 Å². The Balaban J connectivity index is 1.41. The third-order valence-electron chi connectivity index (χ3n) is 5.19. The molecule has 0 bridgehead atoms. The summed E-state index contributed by atoms with van der Waals surface area (Å²) in [4.78, 5) is 28.2. The zero-order valence-electron chi connectivity index (χ0n) is 17.6. The van der Waals surface area contributed by atoms with Crippen LogP contribution in [0.3, 0.4) is 0 Å². The number of carbonyl (C=O) groups is 2. The summed E-state index contributed by atoms with van der Waals surface area (Å²) < 4.78 is 52.5. The van der Waals surface area contributed by atoms with E-state index in [-0.39, 0.29) is 37.0 Å². The van der Waals surface area contributed by atoms with E-state index in [1.165, 1.54) is 12.1 Å². The topological polar surface area (TPSA) is 64.7 Å². The highest BCUT2D eigenvalue weighted by Gasteiger charge is 2.33. The van der Waals surface area contributed by atoms with Gasteiger partial charge in [0.1, 0.15) is 5.82 Å². The van der Waals surface area contributed by atoms with E-state index in [0.717, 1.165) is 12.1 Å². The summed E-state index contributed by atoms with van der Waals surface area (Å²) in [6, 6.07) is 9.42. The molecule has 11 heteroatoms. The van der Waals surface area contributed by atoms with Gasteiger partial charge in [0.2, 0.25) is 11.8 Å². The van der Waals surface area contributed by atoms with Gasteiger partial charge in [0.05, 0.1) is 23.7 Å². The number of alkyl halides is 3. The van der Waals surface area contributed by atoms with Crippen LogP contribution in [-0.4, -0.2) is 60.9 Å². The largest absolute Gasteiger partial charge is 0.417 e. The minimum Gasteiger partial charge on any atom is -0.351 e. The van der Waals surface area contributed by atoms with Crippen LogP contribution in [0.1, 0.15) is 11.1 Å². The van der Waals surface area contributed by atoms with Gasteiger partial charge in [-0.05, 0) is 24.3 Å². The molecule has 3 rings (SSSR count). The standard InChI is InChI=1S/C22H23ClF4N4O2/c23-18-6-5-16(11-17(18)22(25,26)27)29-21(33)14-31-9-7-30(8-10-31)13-20(32)28-12-15-3-1-2-4-19(15)24/h1-6,11H,7-10,12-14H2,(H,28,32)(H,29,33). The molecule has 178 valence electrons. The Bertz CT molecular complexity index is 995. The molecule has 1 fully saturated rings. The first kappa shape index (κ1) is 24.9. The molecule has 0 saturated carbocycles. The van der Waals surface area contributed by atoms with Crippen LogP contribution in [0.5, 0.6) is 0 Å². The van der Waals surface area contributed by atoms with Crippen molar-refractivity contribution >= 4 is 29.1 Å². The number of halogens is 5. The first-order valence-corrected chi connectivity index (χ1v) is 10.6. The molecule has 33 heavy (non-hydrogen) atoms. The SMILES string of the molecule is O=C(CN1CCN(CC(=O)Nc2ccc(Cl)c(C(F)(F)F)c2)CC1)NCc1ccccc1F. The van der Waals surface area contributed by atoms with Gasteiger partial charge >= 0.3 is 6.18 Å². The average molecular weight is 487 g/mol. The van der Waals surface area contributed by atoms with Crippen molar-refractivity contribution in [1.82, 2.24) is 15.1 Å². The number of rotatable bonds is 7. The van der Waals surface area contributed by atoms with Gasteiger partial charge in [-0.15, -0.1) is 0 Å². The van der Waals surface area contributed by atoms with Crippen LogP contribution < -0.4 is 10.6 Å². The number of amides is 2. The van der Waals surface area contributed by atoms with E-state index in [0.29, 0.717) is 31.7 Å². The van der Waals surface area contributed by atoms with Crippen LogP contribution in [0.4, 0.5) is 23.2 Å². The number of anilines is 1. The van der Waals surface area contributed by atoms with Gasteiger partial charge in [-0.1, -0.05) is 29.8 Å². The number of carbonyl (C=O) groups excluding carboxylic acids is 2. The Morgan fingerprint density at radius 1 is 0.939 bits per heavy atom. The van der Waals surface area contributed by atoms with Crippen LogP contribution in [0.15, 0.2) is 42.5 Å². The summed E-state index contributed by atoms with van der Waals surface area (Å²) in [5.41, 5.74) is -0.588. The van der Waals surface area contributed by atoms with Crippen LogP contribution in [0.2, 0.25) is 5.02 Å². The third-order valence-corrected chi connectivity index (χ3v) is 5.52. The van der Waals surface area contributed by atoms with Gasteiger partial charge in [-0.2, -0.15) is 13.2 Å². The van der Waals surface area contributed by atoms with E-state index < -0.39 is 22.7 Å². The van der Waals surface area contributed by atoms with Crippen LogP contribution >= 0.6 is 11.6 Å². The van der Waals surface area contributed by atoms with Crippen LogP contribution in [0, 0.1) is 5.82 Å². The van der Waals surface area contributed by atoms with E-state index in [4.69, 9.17) is 11.6 Å². The van der Waals surface area contributed by atoms with E-state index in [1.54, 1.807) is 18.2 Å². The zero-order valence-corrected chi connectivity index (χ0v) is 18.3. The maximum atomic E-state index is 13.6. The molecule has 0 aromatic heterocycles. The van der Waals surface area contributed by atoms with Gasteiger partial charge in [0.25, 0.3) is 0 Å². The number of piperazine rings is 1. The van der Waals surface area contributed by atoms with Gasteiger partial charge in [-0.25, -0.2) is 4.39 Å². The fourth-order valence-corrected chi connectivity index (χ4v) is 3.65. The molecule has 0 aliphatic carbocycles. The van der Waals surface area contributed by atoms with Crippen molar-refractivity contribution in [1.29, 1.82) is 0 Å². The number of nitrogens with one attached hydrogen (secondary N) is 2. The Morgan fingerprint density at radius 3 is 2.15 bits per heavy atom. The summed E-state index contributed by atoms with van der Waals surface area (Å²) >= 11 is 5.59. The molecule has 2 amide bonds. The lowest BCUT2D eigenvalue weighted by atomic mass is 10.2. The number of benzene rings is 2. The third kappa shape index (κ3) is 7.41. The molecular weight excluding hydrogens is 464 g/mol. The number of nitrogens with zero attached hydrogens (tertiary/aromatic N) is 2. The van der Waals surface area contributed by atoms with Gasteiger partial charge in [0.15, 0.2) is 0 Å². The molecule has 1 aliphatic rings. The lowest BCUT2D eigenvalue weighted by Gasteiger charge is -2.33. The molecule has 0 atom stereocenters. The minimum absolute atomic E-state index is 0.0112. The molecule has 0 unspecified atom stereocenters. The number of hydrogen-bond donors (Lipinski definition) is 2. The van der Waals surface area contributed by atoms with E-state index >= 15 is 0 Å². The highest BCUT2D eigenvalue weighted by atomic mass is 35.5. The smallest absolute Gasteiger partial charge is 0.351 e. The van der Waals surface area contributed by atoms with Crippen molar-refractivity contribution in [3.63, 3.8) is 0 Å². The van der Waals surface area contributed by atoms with Gasteiger partial charge in [0, 0.05) is 44.0 Å². The second-order valence-corrected chi connectivity index (χ2v) is 8.07. The molecule has 1 heterocycles. The summed E-state index contributed by atoms with van der Waals surface area (Å²) in [7, 11) is 0. The van der Waals surface area contributed by atoms with Crippen LogP contribution in [-0.2, 0) is 22.3 Å². The Morgan fingerprint density at radius 2 is 1.55 bits per heavy atom. The normalized spacial score (nSPS) is 15.3. The second-order valence-electron chi connectivity index (χ2n) is 7.66. The van der Waals surface area contributed by atoms with Gasteiger partial charge < -0.3 is 10.6 Å². The van der Waals surface area contributed by atoms with Crippen molar-refractivity contribution in [2.75, 3.05) is 44.6 Å². The Kier molecular flexibility index (Phi) is 8.28. The summed E-state index contributed by atoms with van der Waals surface area (Å²) in [6.07, 6.45) is -4.62. The summed E-state index contributed by atoms with van der Waals surface area (Å²) in [6.45, 7) is 2.38. The first-order chi connectivity index (χ1) is 15.6. The number of hydrogen-bond acceptors (Lipinski definition) is 4. The molecule has 0 spiro atoms. The second kappa shape index (κ2) is 11.0. The molecule has 6 nitrogen and oxygen atoms in total. The average Bonchev–Trinajstić information content (AvgIpc) is 2.75. The summed E-state index contributed by atoms with van der Waals surface area (Å²) in [5, 5.41) is 4.72. The van der Waals surface area contributed by atoms with Crippen molar-refractivity contribution < 1.29 is 27.2 Å². The van der Waals surface area contributed by atoms with E-state index in [9.17, 15) is 27.2 Å². The zero-order chi connectivity index (χ0) is 24.0. The maximum Gasteiger partial charge on any atom is 0.417 e. The fourth-order valence-electron chi connectivity index (χ4n) is 3.42. The highest BCUT2D eigenvalue weighted by molar-refractivity contribution is 6.31. The molecule has 1 saturated heterocycles. The van der Waals surface area contributed by atoms with E-state index in [1.807, 2.05) is 9.80 Å². The molecule has 2 N–H and O–H groups in total. The minimum atomic E-state index is -4.62. The predicted octanol–water partition coefficient (Wildman–Crippen LogP) is 3.37. The fraction of sp³-hybridized carbons (Fsp3) is 0.364. The van der Waals surface area contributed by atoms with Crippen molar-refractivity contribution in [2.24, 2.45) is 0 Å². The van der Waals surface area contributed by atoms with Crippen molar-refractivity contribution in [3.05, 3.63) is 64.4 Å². The Labute approximate surface area is 193 Å². The molecule has 0 radical (unpaired) electrons. The molecular formula is C22H23ClF4N4O2. The maximum absolute atomic E-state index is 13.6. The van der Waals surface area contributed by atoms with E-state index in [2.05, 4.69) is 10.6 Å². The molecule has 2 aromatic carbocycles. The lowest BCUT2D eigenvalue weighted by Crippen LogP contribution is -2.50. The van der Waals surface area contributed by atoms with Crippen molar-refractivity contribution in [3.8, 4) is 0 Å². The van der Waals surface area contributed by atoms with Crippen LogP contribution in [0.25, 0.3) is 0 Å². The molecule has 1 aliphatic heterocycles. The summed E-state index contributed by atoms with van der Waals surface area (Å²) in [5.74, 6) is -1.05. The Hall–Kier alpha value is -2.69. The lowest BCUT2D eigenvalue weighted by molar-refractivity contribution is -0.137. The monoisotopic (exact) mass is 486 g/mol.